The van der Waals surface area contributed by atoms with Crippen LogP contribution in [0.15, 0.2) is 41.3 Å². The van der Waals surface area contributed by atoms with Crippen LogP contribution in [0.2, 0.25) is 0 Å². The molecule has 0 aromatic heterocycles. The molecule has 1 heterocycles. The summed E-state index contributed by atoms with van der Waals surface area (Å²) in [6, 6.07) is 10.3. The molecule has 0 aliphatic carbocycles. The molecule has 1 amide bonds. The second-order valence-electron chi connectivity index (χ2n) is 7.60. The Morgan fingerprint density at radius 3 is 2.35 bits per heavy atom. The second-order valence-corrected chi connectivity index (χ2v) is 9.51. The fourth-order valence-corrected chi connectivity index (χ4v) is 5.61. The summed E-state index contributed by atoms with van der Waals surface area (Å²) in [6.07, 6.45) is 2.41. The van der Waals surface area contributed by atoms with Gasteiger partial charge < -0.3 is 15.0 Å². The average molecular weight is 446 g/mol. The van der Waals surface area contributed by atoms with E-state index < -0.39 is 10.0 Å². The van der Waals surface area contributed by atoms with Gasteiger partial charge in [0.15, 0.2) is 0 Å². The number of nitrogens with one attached hydrogen (secondary N) is 1. The van der Waals surface area contributed by atoms with Gasteiger partial charge in [0, 0.05) is 43.1 Å². The minimum atomic E-state index is -3.77. The maximum absolute atomic E-state index is 13.0. The van der Waals surface area contributed by atoms with Crippen LogP contribution in [0.5, 0.6) is 5.75 Å². The van der Waals surface area contributed by atoms with Gasteiger partial charge in [-0.2, -0.15) is 4.31 Å². The van der Waals surface area contributed by atoms with Crippen LogP contribution < -0.4 is 15.0 Å². The van der Waals surface area contributed by atoms with Gasteiger partial charge in [0.05, 0.1) is 7.11 Å². The van der Waals surface area contributed by atoms with Crippen molar-refractivity contribution >= 4 is 27.3 Å². The summed E-state index contributed by atoms with van der Waals surface area (Å²) in [5.74, 6) is -0.152. The van der Waals surface area contributed by atoms with E-state index in [2.05, 4.69) is 10.2 Å². The summed E-state index contributed by atoms with van der Waals surface area (Å²) < 4.78 is 32.6. The van der Waals surface area contributed by atoms with E-state index in [0.29, 0.717) is 18.8 Å². The van der Waals surface area contributed by atoms with Crippen LogP contribution >= 0.6 is 0 Å². The Labute approximate surface area is 185 Å². The number of carbonyl (C=O) groups excluding carboxylic acids is 1. The minimum Gasteiger partial charge on any atom is -0.495 e. The van der Waals surface area contributed by atoms with Crippen molar-refractivity contribution in [3.05, 3.63) is 47.5 Å². The molecule has 2 aromatic carbocycles. The molecule has 1 N–H and O–H groups in total. The molecule has 31 heavy (non-hydrogen) atoms. The molecule has 1 saturated heterocycles. The summed E-state index contributed by atoms with van der Waals surface area (Å²) in [6.45, 7) is 8.37. The molecule has 3 rings (SSSR count). The maximum atomic E-state index is 13.0. The number of methoxy groups -OCH3 is 1. The first kappa shape index (κ1) is 23.1. The standard InChI is InChI=1S/C23H31N3O4S/c1-5-26(6-2)31(28,29)22-16-18(9-12-21(22)30-4)23(27)24-19-10-11-20(17(3)15-19)25-13-7-8-14-25/h9-12,15-16H,5-8,13-14H2,1-4H3,(H,24,27). The van der Waals surface area contributed by atoms with E-state index in [1.54, 1.807) is 19.9 Å². The van der Waals surface area contributed by atoms with E-state index >= 15 is 0 Å². The Morgan fingerprint density at radius 2 is 1.77 bits per heavy atom. The SMILES string of the molecule is CCN(CC)S(=O)(=O)c1cc(C(=O)Nc2ccc(N3CCCC3)c(C)c2)ccc1OC. The molecule has 0 bridgehead atoms. The van der Waals surface area contributed by atoms with Crippen LogP contribution in [0.4, 0.5) is 11.4 Å². The summed E-state index contributed by atoms with van der Waals surface area (Å²) in [5.41, 5.74) is 3.22. The summed E-state index contributed by atoms with van der Waals surface area (Å²) in [7, 11) is -2.35. The van der Waals surface area contributed by atoms with Crippen molar-refractivity contribution in [2.24, 2.45) is 0 Å². The third-order valence-corrected chi connectivity index (χ3v) is 7.72. The Morgan fingerprint density at radius 1 is 1.10 bits per heavy atom. The number of rotatable bonds is 8. The van der Waals surface area contributed by atoms with Gasteiger partial charge in [-0.05, 0) is 61.7 Å². The van der Waals surface area contributed by atoms with E-state index in [4.69, 9.17) is 4.74 Å². The quantitative estimate of drug-likeness (QED) is 0.667. The van der Waals surface area contributed by atoms with Crippen LogP contribution in [-0.2, 0) is 10.0 Å². The summed E-state index contributed by atoms with van der Waals surface area (Å²) >= 11 is 0. The number of carbonyl (C=O) groups is 1. The average Bonchev–Trinajstić information content (AvgIpc) is 3.28. The van der Waals surface area contributed by atoms with Crippen molar-refractivity contribution in [2.75, 3.05) is 43.5 Å². The van der Waals surface area contributed by atoms with Gasteiger partial charge in [0.25, 0.3) is 5.91 Å². The fourth-order valence-electron chi connectivity index (χ4n) is 3.97. The molecular formula is C23H31N3O4S. The highest BCUT2D eigenvalue weighted by molar-refractivity contribution is 7.89. The second kappa shape index (κ2) is 9.70. The van der Waals surface area contributed by atoms with Gasteiger partial charge in [0.2, 0.25) is 10.0 Å². The Hall–Kier alpha value is -2.58. The van der Waals surface area contributed by atoms with Crippen molar-refractivity contribution in [1.29, 1.82) is 0 Å². The molecule has 0 atom stereocenters. The number of ether oxygens (including phenoxy) is 1. The normalized spacial score (nSPS) is 14.2. The first-order chi connectivity index (χ1) is 14.8. The first-order valence-corrected chi connectivity index (χ1v) is 12.1. The number of nitrogens with zero attached hydrogens (tertiary/aromatic N) is 2. The van der Waals surface area contributed by atoms with Gasteiger partial charge in [-0.1, -0.05) is 13.8 Å². The van der Waals surface area contributed by atoms with Gasteiger partial charge in [0.1, 0.15) is 10.6 Å². The largest absolute Gasteiger partial charge is 0.495 e. The van der Waals surface area contributed by atoms with Crippen LogP contribution in [0.25, 0.3) is 0 Å². The molecule has 0 unspecified atom stereocenters. The maximum Gasteiger partial charge on any atom is 0.255 e. The zero-order valence-electron chi connectivity index (χ0n) is 18.6. The number of amides is 1. The molecule has 8 heteroatoms. The molecule has 0 radical (unpaired) electrons. The van der Waals surface area contributed by atoms with Crippen LogP contribution in [0.1, 0.15) is 42.6 Å². The number of hydrogen-bond acceptors (Lipinski definition) is 5. The predicted octanol–water partition coefficient (Wildman–Crippen LogP) is 3.89. The highest BCUT2D eigenvalue weighted by atomic mass is 32.2. The van der Waals surface area contributed by atoms with E-state index in [1.165, 1.54) is 42.1 Å². The number of sulfonamides is 1. The first-order valence-electron chi connectivity index (χ1n) is 10.7. The van der Waals surface area contributed by atoms with Crippen molar-refractivity contribution in [3.8, 4) is 5.75 Å². The van der Waals surface area contributed by atoms with Crippen molar-refractivity contribution in [3.63, 3.8) is 0 Å². The highest BCUT2D eigenvalue weighted by Gasteiger charge is 2.27. The lowest BCUT2D eigenvalue weighted by molar-refractivity contribution is 0.102. The molecule has 0 saturated carbocycles. The number of anilines is 2. The van der Waals surface area contributed by atoms with Gasteiger partial charge >= 0.3 is 0 Å². The molecule has 2 aromatic rings. The smallest absolute Gasteiger partial charge is 0.255 e. The number of hydrogen-bond donors (Lipinski definition) is 1. The summed E-state index contributed by atoms with van der Waals surface area (Å²) in [4.78, 5) is 15.2. The molecule has 7 nitrogen and oxygen atoms in total. The van der Waals surface area contributed by atoms with E-state index in [1.807, 2.05) is 25.1 Å². The molecule has 168 valence electrons. The van der Waals surface area contributed by atoms with E-state index in [-0.39, 0.29) is 22.1 Å². The van der Waals surface area contributed by atoms with E-state index in [0.717, 1.165) is 18.7 Å². The van der Waals surface area contributed by atoms with Crippen LogP contribution in [0, 0.1) is 6.92 Å². The van der Waals surface area contributed by atoms with Crippen molar-refractivity contribution in [2.45, 2.75) is 38.5 Å². The Balaban J connectivity index is 1.86. The minimum absolute atomic E-state index is 0.00749. The Kier molecular flexibility index (Phi) is 7.23. The van der Waals surface area contributed by atoms with Crippen LogP contribution in [-0.4, -0.2) is 51.9 Å². The molecule has 1 aliphatic heterocycles. The zero-order chi connectivity index (χ0) is 22.6. The fraction of sp³-hybridized carbons (Fsp3) is 0.435. The third-order valence-electron chi connectivity index (χ3n) is 5.65. The highest BCUT2D eigenvalue weighted by Crippen LogP contribution is 2.29. The van der Waals surface area contributed by atoms with E-state index in [9.17, 15) is 13.2 Å². The predicted molar refractivity (Wildman–Crippen MR) is 124 cm³/mol. The number of benzene rings is 2. The molecule has 1 aliphatic rings. The molecule has 1 fully saturated rings. The topological polar surface area (TPSA) is 79.0 Å². The Bertz CT molecular complexity index is 1040. The zero-order valence-corrected chi connectivity index (χ0v) is 19.5. The lowest BCUT2D eigenvalue weighted by Gasteiger charge is -2.21. The van der Waals surface area contributed by atoms with Crippen molar-refractivity contribution in [1.82, 2.24) is 4.31 Å². The monoisotopic (exact) mass is 445 g/mol. The molecular weight excluding hydrogens is 414 g/mol. The number of aryl methyl sites for hydroxylation is 1. The van der Waals surface area contributed by atoms with Crippen LogP contribution in [0.3, 0.4) is 0 Å². The summed E-state index contributed by atoms with van der Waals surface area (Å²) in [5, 5.41) is 2.88. The van der Waals surface area contributed by atoms with Gasteiger partial charge in [-0.15, -0.1) is 0 Å². The third kappa shape index (κ3) is 4.85. The van der Waals surface area contributed by atoms with Gasteiger partial charge in [-0.3, -0.25) is 4.79 Å². The molecule has 0 spiro atoms. The van der Waals surface area contributed by atoms with Crippen molar-refractivity contribution < 1.29 is 17.9 Å². The lowest BCUT2D eigenvalue weighted by atomic mass is 10.1. The van der Waals surface area contributed by atoms with Gasteiger partial charge in [-0.25, -0.2) is 8.42 Å². The lowest BCUT2D eigenvalue weighted by Crippen LogP contribution is -2.31.